The minimum absolute atomic E-state index is 0.0618. The van der Waals surface area contributed by atoms with E-state index in [4.69, 9.17) is 19.7 Å². The molecule has 3 aromatic heterocycles. The Labute approximate surface area is 258 Å². The molecule has 3 fully saturated rings. The number of carbonyl (C=O) groups is 1. The standard InChI is InChI=1S/C32H33F2N7O2S/c1-20(33)30(42)41-12-11-39(18-23(41)6-9-35)29-28-26(14-21(16-36-28)24-4-2-5-27-25(24)7-13-44-27)37-31(38-29)43-19-32-8-3-10-40(32)17-22(34)15-32/h2,4-5,7,13-14,16,20,22-23H,3,6,8,10-12,15,17-19H2,1H3/t20?,22-,23+,32?/m1/s1. The van der Waals surface area contributed by atoms with E-state index >= 15 is 0 Å². The van der Waals surface area contributed by atoms with Crippen molar-refractivity contribution in [1.29, 1.82) is 5.26 Å². The number of nitriles is 1. The van der Waals surface area contributed by atoms with Crippen molar-refractivity contribution in [2.45, 2.75) is 56.5 Å². The Balaban J connectivity index is 1.27. The average Bonchev–Trinajstić information content (AvgIpc) is 3.73. The van der Waals surface area contributed by atoms with Gasteiger partial charge in [-0.1, -0.05) is 12.1 Å². The number of nitrogens with zero attached hydrogens (tertiary/aromatic N) is 7. The van der Waals surface area contributed by atoms with Crippen molar-refractivity contribution in [3.8, 4) is 23.2 Å². The third kappa shape index (κ3) is 5.12. The molecule has 4 atom stereocenters. The van der Waals surface area contributed by atoms with Crippen LogP contribution in [0.4, 0.5) is 14.6 Å². The second kappa shape index (κ2) is 11.5. The molecule has 0 bridgehead atoms. The summed E-state index contributed by atoms with van der Waals surface area (Å²) in [5, 5.41) is 12.7. The molecule has 7 rings (SSSR count). The molecule has 1 amide bonds. The minimum atomic E-state index is -1.65. The van der Waals surface area contributed by atoms with E-state index in [2.05, 4.69) is 34.5 Å². The van der Waals surface area contributed by atoms with Crippen LogP contribution in [0.25, 0.3) is 32.2 Å². The van der Waals surface area contributed by atoms with Crippen LogP contribution in [0, 0.1) is 11.3 Å². The SMILES string of the molecule is CC(F)C(=O)N1CCN(c2nc(OCC34CCCN3C[C@H](F)C4)nc3cc(-c4cccc5sccc45)cnc23)C[C@@H]1CC#N. The summed E-state index contributed by atoms with van der Waals surface area (Å²) in [6.45, 7) is 3.70. The van der Waals surface area contributed by atoms with Crippen LogP contribution in [0.5, 0.6) is 6.01 Å². The van der Waals surface area contributed by atoms with Crippen LogP contribution in [-0.4, -0.2) is 93.9 Å². The molecule has 3 saturated heterocycles. The molecular weight excluding hydrogens is 584 g/mol. The van der Waals surface area contributed by atoms with Crippen LogP contribution in [-0.2, 0) is 4.79 Å². The van der Waals surface area contributed by atoms with E-state index in [1.54, 1.807) is 11.3 Å². The molecule has 228 valence electrons. The van der Waals surface area contributed by atoms with Gasteiger partial charge >= 0.3 is 6.01 Å². The number of thiophene rings is 1. The first-order valence-electron chi connectivity index (χ1n) is 15.1. The number of ether oxygens (including phenoxy) is 1. The number of amides is 1. The lowest BCUT2D eigenvalue weighted by Gasteiger charge is -2.41. The first-order chi connectivity index (χ1) is 21.3. The maximum atomic E-state index is 14.4. The van der Waals surface area contributed by atoms with Crippen LogP contribution >= 0.6 is 11.3 Å². The highest BCUT2D eigenvalue weighted by molar-refractivity contribution is 7.17. The van der Waals surface area contributed by atoms with Crippen molar-refractivity contribution in [2.24, 2.45) is 0 Å². The zero-order chi connectivity index (χ0) is 30.4. The third-order valence-corrected chi connectivity index (χ3v) is 10.1. The number of benzene rings is 1. The van der Waals surface area contributed by atoms with Crippen molar-refractivity contribution in [3.05, 3.63) is 41.9 Å². The fourth-order valence-corrected chi connectivity index (χ4v) is 7.97. The number of hydrogen-bond acceptors (Lipinski definition) is 9. The summed E-state index contributed by atoms with van der Waals surface area (Å²) < 4.78 is 35.9. The maximum Gasteiger partial charge on any atom is 0.319 e. The molecule has 0 spiro atoms. The number of aromatic nitrogens is 3. The quantitative estimate of drug-likeness (QED) is 0.281. The van der Waals surface area contributed by atoms with E-state index in [1.165, 1.54) is 16.5 Å². The predicted molar refractivity (Wildman–Crippen MR) is 165 cm³/mol. The molecule has 3 aliphatic rings. The molecule has 6 heterocycles. The maximum absolute atomic E-state index is 14.4. The second-order valence-electron chi connectivity index (χ2n) is 12.0. The zero-order valence-electron chi connectivity index (χ0n) is 24.5. The highest BCUT2D eigenvalue weighted by atomic mass is 32.1. The summed E-state index contributed by atoms with van der Waals surface area (Å²) in [4.78, 5) is 32.7. The topological polar surface area (TPSA) is 98.5 Å². The van der Waals surface area contributed by atoms with Gasteiger partial charge in [0.1, 0.15) is 18.3 Å². The van der Waals surface area contributed by atoms with Crippen molar-refractivity contribution in [2.75, 3.05) is 44.2 Å². The van der Waals surface area contributed by atoms with Gasteiger partial charge in [-0.05, 0) is 55.5 Å². The largest absolute Gasteiger partial charge is 0.461 e. The van der Waals surface area contributed by atoms with Gasteiger partial charge in [-0.3, -0.25) is 14.7 Å². The van der Waals surface area contributed by atoms with E-state index in [-0.39, 0.29) is 37.7 Å². The minimum Gasteiger partial charge on any atom is -0.461 e. The number of hydrogen-bond donors (Lipinski definition) is 0. The van der Waals surface area contributed by atoms with Gasteiger partial charge in [0.25, 0.3) is 5.91 Å². The van der Waals surface area contributed by atoms with Crippen LogP contribution in [0.2, 0.25) is 0 Å². The Kier molecular flexibility index (Phi) is 7.54. The van der Waals surface area contributed by atoms with Gasteiger partial charge in [0.15, 0.2) is 12.0 Å². The molecular formula is C32H33F2N7O2S. The highest BCUT2D eigenvalue weighted by Crippen LogP contribution is 2.41. The van der Waals surface area contributed by atoms with Gasteiger partial charge in [0.05, 0.1) is 29.6 Å². The Bertz CT molecular complexity index is 1760. The molecule has 0 N–H and O–H groups in total. The van der Waals surface area contributed by atoms with E-state index in [0.717, 1.165) is 35.9 Å². The number of anilines is 1. The van der Waals surface area contributed by atoms with Crippen molar-refractivity contribution in [1.82, 2.24) is 24.8 Å². The monoisotopic (exact) mass is 617 g/mol. The van der Waals surface area contributed by atoms with Crippen molar-refractivity contribution >= 4 is 44.2 Å². The third-order valence-electron chi connectivity index (χ3n) is 9.27. The molecule has 3 aliphatic heterocycles. The van der Waals surface area contributed by atoms with Crippen LogP contribution in [0.1, 0.15) is 32.6 Å². The number of alkyl halides is 2. The van der Waals surface area contributed by atoms with Gasteiger partial charge in [0.2, 0.25) is 0 Å². The Morgan fingerprint density at radius 2 is 2.14 bits per heavy atom. The van der Waals surface area contributed by atoms with Crippen molar-refractivity contribution < 1.29 is 18.3 Å². The predicted octanol–water partition coefficient (Wildman–Crippen LogP) is 5.15. The summed E-state index contributed by atoms with van der Waals surface area (Å²) in [7, 11) is 0. The summed E-state index contributed by atoms with van der Waals surface area (Å²) in [6.07, 6.45) is 1.65. The molecule has 2 unspecified atom stereocenters. The average molecular weight is 618 g/mol. The number of rotatable bonds is 7. The van der Waals surface area contributed by atoms with Crippen molar-refractivity contribution in [3.63, 3.8) is 0 Å². The molecule has 0 aliphatic carbocycles. The fraction of sp³-hybridized carbons (Fsp3) is 0.469. The van der Waals surface area contributed by atoms with Crippen LogP contribution < -0.4 is 9.64 Å². The van der Waals surface area contributed by atoms with Crippen LogP contribution in [0.3, 0.4) is 0 Å². The number of halogens is 2. The molecule has 12 heteroatoms. The molecule has 44 heavy (non-hydrogen) atoms. The molecule has 9 nitrogen and oxygen atoms in total. The lowest BCUT2D eigenvalue weighted by atomic mass is 9.95. The number of fused-ring (bicyclic) bond motifs is 3. The van der Waals surface area contributed by atoms with E-state index in [0.29, 0.717) is 36.4 Å². The summed E-state index contributed by atoms with van der Waals surface area (Å²) in [5.41, 5.74) is 2.75. The second-order valence-corrected chi connectivity index (χ2v) is 13.0. The summed E-state index contributed by atoms with van der Waals surface area (Å²) in [6, 6.07) is 12.1. The summed E-state index contributed by atoms with van der Waals surface area (Å²) in [5.74, 6) is -0.0841. The van der Waals surface area contributed by atoms with Gasteiger partial charge in [-0.15, -0.1) is 11.3 Å². The lowest BCUT2D eigenvalue weighted by Crippen LogP contribution is -2.57. The van der Waals surface area contributed by atoms with E-state index < -0.39 is 24.3 Å². The first-order valence-corrected chi connectivity index (χ1v) is 16.0. The molecule has 0 radical (unpaired) electrons. The van der Waals surface area contributed by atoms with E-state index in [1.807, 2.05) is 23.2 Å². The molecule has 1 aromatic carbocycles. The molecule has 0 saturated carbocycles. The Morgan fingerprint density at radius 1 is 1.25 bits per heavy atom. The zero-order valence-corrected chi connectivity index (χ0v) is 25.3. The van der Waals surface area contributed by atoms with Crippen LogP contribution in [0.15, 0.2) is 41.9 Å². The normalized spacial score (nSPS) is 24.5. The van der Waals surface area contributed by atoms with Gasteiger partial charge in [-0.2, -0.15) is 15.2 Å². The first kappa shape index (κ1) is 28.8. The smallest absolute Gasteiger partial charge is 0.319 e. The van der Waals surface area contributed by atoms with Gasteiger partial charge in [0, 0.05) is 54.4 Å². The van der Waals surface area contributed by atoms with Gasteiger partial charge in [-0.25, -0.2) is 8.78 Å². The summed E-state index contributed by atoms with van der Waals surface area (Å²) >= 11 is 1.68. The fourth-order valence-electron chi connectivity index (χ4n) is 7.15. The lowest BCUT2D eigenvalue weighted by molar-refractivity contribution is -0.138. The molecule has 4 aromatic rings. The Hall–Kier alpha value is -3.95. The Morgan fingerprint density at radius 3 is 2.98 bits per heavy atom. The van der Waals surface area contributed by atoms with Gasteiger partial charge < -0.3 is 14.5 Å². The number of pyridine rings is 1. The number of piperazine rings is 1. The highest BCUT2D eigenvalue weighted by Gasteiger charge is 2.49. The van der Waals surface area contributed by atoms with E-state index in [9.17, 15) is 18.8 Å². The number of carbonyl (C=O) groups excluding carboxylic acids is 1.